The first-order chi connectivity index (χ1) is 10.6. The van der Waals surface area contributed by atoms with Gasteiger partial charge in [0.25, 0.3) is 0 Å². The number of alkyl halides is 6. The Morgan fingerprint density at radius 3 is 2.04 bits per heavy atom. The highest BCUT2D eigenvalue weighted by Gasteiger charge is 2.38. The van der Waals surface area contributed by atoms with Crippen molar-refractivity contribution in [1.82, 2.24) is 10.2 Å². The van der Waals surface area contributed by atoms with Crippen LogP contribution in [0.4, 0.5) is 30.7 Å². The van der Waals surface area contributed by atoms with Gasteiger partial charge in [-0.1, -0.05) is 0 Å². The second kappa shape index (κ2) is 9.25. The van der Waals surface area contributed by atoms with Crippen LogP contribution in [0.15, 0.2) is 18.2 Å². The third-order valence-corrected chi connectivity index (χ3v) is 3.70. The fourth-order valence-corrected chi connectivity index (χ4v) is 2.62. The number of hydrogen-bond donors (Lipinski definition) is 1. The molecule has 1 saturated heterocycles. The summed E-state index contributed by atoms with van der Waals surface area (Å²) < 4.78 is 90.8. The third kappa shape index (κ3) is 6.80. The monoisotopic (exact) mass is 416 g/mol. The van der Waals surface area contributed by atoms with Crippen LogP contribution in [-0.2, 0) is 6.18 Å². The zero-order valence-corrected chi connectivity index (χ0v) is 14.4. The quantitative estimate of drug-likeness (QED) is 0.725. The Bertz CT molecular complexity index is 543. The molecular formula is C14H17Cl2F7N2. The van der Waals surface area contributed by atoms with Gasteiger partial charge in [0.05, 0.1) is 12.0 Å². The van der Waals surface area contributed by atoms with E-state index in [2.05, 4.69) is 5.32 Å². The lowest BCUT2D eigenvalue weighted by atomic mass is 9.98. The molecule has 0 bridgehead atoms. The molecule has 0 saturated carbocycles. The minimum absolute atomic E-state index is 0. The van der Waals surface area contributed by atoms with Crippen LogP contribution in [0.2, 0.25) is 0 Å². The van der Waals surface area contributed by atoms with Crippen LogP contribution in [0.5, 0.6) is 0 Å². The first kappa shape index (κ1) is 24.2. The minimum Gasteiger partial charge on any atom is -0.314 e. The molecule has 11 heteroatoms. The van der Waals surface area contributed by atoms with E-state index in [0.29, 0.717) is 31.3 Å². The standard InChI is InChI=1S/C14H15F7N2.2ClH/c15-11-2-1-9(14(19,20)21)7-10(11)12(8-13(16,17)18)23-5-3-22-4-6-23;;/h1-2,7,12,22H,3-6,8H2;2*1H/t12-;;/m1../s1. The van der Waals surface area contributed by atoms with Crippen LogP contribution >= 0.6 is 24.8 Å². The molecule has 0 unspecified atom stereocenters. The van der Waals surface area contributed by atoms with Gasteiger partial charge in [-0.2, -0.15) is 26.3 Å². The summed E-state index contributed by atoms with van der Waals surface area (Å²) in [6.07, 6.45) is -10.8. The average molecular weight is 417 g/mol. The second-order valence-electron chi connectivity index (χ2n) is 5.36. The second-order valence-corrected chi connectivity index (χ2v) is 5.36. The third-order valence-electron chi connectivity index (χ3n) is 3.70. The number of benzene rings is 1. The molecule has 0 amide bonds. The van der Waals surface area contributed by atoms with Crippen molar-refractivity contribution in [3.8, 4) is 0 Å². The van der Waals surface area contributed by atoms with E-state index in [4.69, 9.17) is 0 Å². The van der Waals surface area contributed by atoms with Crippen molar-refractivity contribution in [3.63, 3.8) is 0 Å². The normalized spacial score (nSPS) is 17.4. The molecule has 1 atom stereocenters. The van der Waals surface area contributed by atoms with Crippen molar-refractivity contribution in [1.29, 1.82) is 0 Å². The van der Waals surface area contributed by atoms with E-state index >= 15 is 0 Å². The molecule has 25 heavy (non-hydrogen) atoms. The molecule has 1 aliphatic rings. The van der Waals surface area contributed by atoms with E-state index in [9.17, 15) is 30.7 Å². The summed E-state index contributed by atoms with van der Waals surface area (Å²) in [6.45, 7) is 1.21. The summed E-state index contributed by atoms with van der Waals surface area (Å²) in [6, 6.07) is 0.109. The van der Waals surface area contributed by atoms with E-state index in [1.54, 1.807) is 0 Å². The van der Waals surface area contributed by atoms with Crippen LogP contribution in [0.3, 0.4) is 0 Å². The van der Waals surface area contributed by atoms with Crippen molar-refractivity contribution in [2.24, 2.45) is 0 Å². The molecule has 2 nitrogen and oxygen atoms in total. The first-order valence-electron chi connectivity index (χ1n) is 6.96. The highest BCUT2D eigenvalue weighted by atomic mass is 35.5. The predicted molar refractivity (Wildman–Crippen MR) is 83.8 cm³/mol. The summed E-state index contributed by atoms with van der Waals surface area (Å²) >= 11 is 0. The molecule has 2 rings (SSSR count). The van der Waals surface area contributed by atoms with Gasteiger partial charge in [-0.05, 0) is 18.2 Å². The molecule has 1 N–H and O–H groups in total. The van der Waals surface area contributed by atoms with E-state index in [1.807, 2.05) is 0 Å². The lowest BCUT2D eigenvalue weighted by Crippen LogP contribution is -2.46. The van der Waals surface area contributed by atoms with Gasteiger partial charge in [-0.15, -0.1) is 24.8 Å². The Hall–Kier alpha value is -0.770. The molecule has 0 aromatic heterocycles. The molecule has 1 heterocycles. The molecule has 0 radical (unpaired) electrons. The minimum atomic E-state index is -4.74. The molecule has 0 spiro atoms. The van der Waals surface area contributed by atoms with Crippen LogP contribution < -0.4 is 5.32 Å². The van der Waals surface area contributed by atoms with Gasteiger partial charge in [0, 0.05) is 37.8 Å². The van der Waals surface area contributed by atoms with Gasteiger partial charge >= 0.3 is 12.4 Å². The molecule has 146 valence electrons. The number of halogens is 9. The van der Waals surface area contributed by atoms with Crippen LogP contribution in [0, 0.1) is 5.82 Å². The van der Waals surface area contributed by atoms with Gasteiger partial charge in [0.1, 0.15) is 5.82 Å². The van der Waals surface area contributed by atoms with Crippen molar-refractivity contribution in [2.75, 3.05) is 26.2 Å². The summed E-state index contributed by atoms with van der Waals surface area (Å²) in [7, 11) is 0. The van der Waals surface area contributed by atoms with E-state index in [1.165, 1.54) is 4.90 Å². The first-order valence-corrected chi connectivity index (χ1v) is 6.96. The number of piperazine rings is 1. The van der Waals surface area contributed by atoms with Gasteiger partial charge in [-0.3, -0.25) is 4.90 Å². The average Bonchev–Trinajstić information content (AvgIpc) is 2.44. The number of nitrogens with zero attached hydrogens (tertiary/aromatic N) is 1. The van der Waals surface area contributed by atoms with Gasteiger partial charge in [-0.25, -0.2) is 4.39 Å². The molecule has 1 aliphatic heterocycles. The zero-order valence-electron chi connectivity index (χ0n) is 12.8. The molecular weight excluding hydrogens is 400 g/mol. The molecule has 1 aromatic rings. The summed E-state index contributed by atoms with van der Waals surface area (Å²) in [5.74, 6) is -1.06. The summed E-state index contributed by atoms with van der Waals surface area (Å²) in [4.78, 5) is 1.36. The van der Waals surface area contributed by atoms with E-state index in [-0.39, 0.29) is 37.9 Å². The highest BCUT2D eigenvalue weighted by molar-refractivity contribution is 5.85. The van der Waals surface area contributed by atoms with Crippen molar-refractivity contribution in [3.05, 3.63) is 35.1 Å². The van der Waals surface area contributed by atoms with Crippen LogP contribution in [-0.4, -0.2) is 37.3 Å². The lowest BCUT2D eigenvalue weighted by Gasteiger charge is -2.36. The fraction of sp³-hybridized carbons (Fsp3) is 0.571. The zero-order chi connectivity index (χ0) is 17.3. The molecule has 1 fully saturated rings. The smallest absolute Gasteiger partial charge is 0.314 e. The van der Waals surface area contributed by atoms with E-state index < -0.39 is 41.8 Å². The van der Waals surface area contributed by atoms with Crippen LogP contribution in [0.25, 0.3) is 0 Å². The maximum Gasteiger partial charge on any atom is 0.416 e. The fourth-order valence-electron chi connectivity index (χ4n) is 2.62. The predicted octanol–water partition coefficient (Wildman–Crippen LogP) is 4.59. The lowest BCUT2D eigenvalue weighted by molar-refractivity contribution is -0.149. The van der Waals surface area contributed by atoms with Crippen LogP contribution in [0.1, 0.15) is 23.6 Å². The van der Waals surface area contributed by atoms with Crippen molar-refractivity contribution in [2.45, 2.75) is 24.8 Å². The van der Waals surface area contributed by atoms with Crippen molar-refractivity contribution >= 4 is 24.8 Å². The van der Waals surface area contributed by atoms with Gasteiger partial charge in [0.15, 0.2) is 0 Å². The Morgan fingerprint density at radius 2 is 1.56 bits per heavy atom. The highest BCUT2D eigenvalue weighted by Crippen LogP contribution is 2.38. The molecule has 1 aromatic carbocycles. The van der Waals surface area contributed by atoms with Gasteiger partial charge in [0.2, 0.25) is 0 Å². The topological polar surface area (TPSA) is 15.3 Å². The molecule has 0 aliphatic carbocycles. The van der Waals surface area contributed by atoms with E-state index in [0.717, 1.165) is 0 Å². The Labute approximate surface area is 152 Å². The Morgan fingerprint density at radius 1 is 1.00 bits per heavy atom. The maximum atomic E-state index is 14.0. The maximum absolute atomic E-state index is 14.0. The Balaban J connectivity index is 0.00000288. The number of rotatable bonds is 3. The number of hydrogen-bond acceptors (Lipinski definition) is 2. The van der Waals surface area contributed by atoms with Crippen molar-refractivity contribution < 1.29 is 30.7 Å². The summed E-state index contributed by atoms with van der Waals surface area (Å²) in [5, 5.41) is 2.94. The SMILES string of the molecule is Cl.Cl.Fc1ccc(C(F)(F)F)cc1[C@@H](CC(F)(F)F)N1CCNCC1. The summed E-state index contributed by atoms with van der Waals surface area (Å²) in [5.41, 5.74) is -1.73. The largest absolute Gasteiger partial charge is 0.416 e. The van der Waals surface area contributed by atoms with Gasteiger partial charge < -0.3 is 5.32 Å². The number of nitrogens with one attached hydrogen (secondary N) is 1. The Kier molecular flexibility index (Phi) is 8.96.